The Labute approximate surface area is 271 Å². The molecule has 7 nitrogen and oxygen atoms in total. The Kier molecular flexibility index (Phi) is 9.75. The molecule has 1 aliphatic rings. The molecule has 1 aromatic heterocycles. The van der Waals surface area contributed by atoms with Gasteiger partial charge in [0.05, 0.1) is 39.1 Å². The van der Waals surface area contributed by atoms with Gasteiger partial charge >= 0.3 is 5.97 Å². The predicted octanol–water partition coefficient (Wildman–Crippen LogP) is 5.28. The van der Waals surface area contributed by atoms with Crippen molar-refractivity contribution < 1.29 is 19.0 Å². The lowest BCUT2D eigenvalue weighted by molar-refractivity contribution is -0.138. The number of hydrogen-bond acceptors (Lipinski definition) is 8. The van der Waals surface area contributed by atoms with E-state index >= 15 is 0 Å². The van der Waals surface area contributed by atoms with Crippen molar-refractivity contribution in [1.82, 2.24) is 4.57 Å². The Hall–Kier alpha value is -3.79. The Morgan fingerprint density at radius 2 is 1.93 bits per heavy atom. The summed E-state index contributed by atoms with van der Waals surface area (Å²) in [5.74, 6) is 2.99. The highest BCUT2D eigenvalue weighted by Crippen LogP contribution is 2.36. The molecule has 0 saturated heterocycles. The first-order valence-corrected chi connectivity index (χ1v) is 16.4. The number of rotatable bonds is 9. The molecule has 0 amide bonds. The zero-order valence-electron chi connectivity index (χ0n) is 23.6. The average molecular weight is 723 g/mol. The van der Waals surface area contributed by atoms with E-state index in [2.05, 4.69) is 28.5 Å². The Bertz CT molecular complexity index is 1920. The van der Waals surface area contributed by atoms with E-state index in [9.17, 15) is 9.59 Å². The number of thiazole rings is 1. The fraction of sp³-hybridized carbons (Fsp3) is 0.182. The van der Waals surface area contributed by atoms with Gasteiger partial charge in [-0.3, -0.25) is 9.36 Å². The minimum absolute atomic E-state index is 0.106. The van der Waals surface area contributed by atoms with Crippen molar-refractivity contribution in [3.63, 3.8) is 0 Å². The number of carbonyl (C=O) groups excluding carboxylic acids is 1. The molecule has 0 aliphatic carbocycles. The van der Waals surface area contributed by atoms with Gasteiger partial charge in [-0.2, -0.15) is 0 Å². The van der Waals surface area contributed by atoms with Crippen LogP contribution in [0.25, 0.3) is 11.8 Å². The van der Waals surface area contributed by atoms with Gasteiger partial charge in [-0.15, -0.1) is 18.2 Å². The highest BCUT2D eigenvalue weighted by molar-refractivity contribution is 14.1. The van der Waals surface area contributed by atoms with Crippen molar-refractivity contribution in [2.75, 3.05) is 26.6 Å². The number of halogens is 1. The van der Waals surface area contributed by atoms with Gasteiger partial charge in [0.25, 0.3) is 5.56 Å². The summed E-state index contributed by atoms with van der Waals surface area (Å²) in [5, 5.41) is 0. The Balaban J connectivity index is 1.77. The monoisotopic (exact) mass is 722 g/mol. The number of carbonyl (C=O) groups is 1. The molecule has 0 bridgehead atoms. The highest BCUT2D eigenvalue weighted by Gasteiger charge is 2.35. The van der Waals surface area contributed by atoms with Crippen LogP contribution in [0.15, 0.2) is 87.0 Å². The summed E-state index contributed by atoms with van der Waals surface area (Å²) in [7, 11) is 1.55. The van der Waals surface area contributed by atoms with Gasteiger partial charge in [0.15, 0.2) is 16.3 Å². The van der Waals surface area contributed by atoms with Crippen LogP contribution in [0, 0.1) is 15.9 Å². The molecule has 0 N–H and O–H groups in total. The summed E-state index contributed by atoms with van der Waals surface area (Å²) in [5.41, 5.74) is 2.82. The molecule has 43 heavy (non-hydrogen) atoms. The topological polar surface area (TPSA) is 79.1 Å². The number of ether oxygens (including phenoxy) is 3. The number of esters is 1. The lowest BCUT2D eigenvalue weighted by Crippen LogP contribution is -2.40. The minimum atomic E-state index is -0.738. The first-order valence-electron chi connectivity index (χ1n) is 13.3. The van der Waals surface area contributed by atoms with E-state index in [1.54, 1.807) is 42.5 Å². The number of thioether (sulfide) groups is 1. The second kappa shape index (κ2) is 13.7. The van der Waals surface area contributed by atoms with Gasteiger partial charge in [0.2, 0.25) is 0 Å². The molecule has 0 unspecified atom stereocenters. The summed E-state index contributed by atoms with van der Waals surface area (Å²) >= 11 is 5.03. The number of hydrogen-bond donors (Lipinski definition) is 0. The van der Waals surface area contributed by atoms with E-state index in [4.69, 9.17) is 25.6 Å². The minimum Gasteiger partial charge on any atom is -0.493 e. The number of nitrogens with zero attached hydrogens (tertiary/aromatic N) is 2. The fourth-order valence-electron chi connectivity index (χ4n) is 4.77. The zero-order valence-corrected chi connectivity index (χ0v) is 27.4. The van der Waals surface area contributed by atoms with E-state index in [0.717, 1.165) is 25.2 Å². The first kappa shape index (κ1) is 30.7. The molecule has 0 saturated carbocycles. The van der Waals surface area contributed by atoms with Crippen LogP contribution in [0.4, 0.5) is 0 Å². The number of fused-ring (bicyclic) bond motifs is 1. The van der Waals surface area contributed by atoms with Crippen molar-refractivity contribution in [1.29, 1.82) is 0 Å². The third-order valence-corrected chi connectivity index (χ3v) is 9.18. The average Bonchev–Trinajstić information content (AvgIpc) is 3.34. The fourth-order valence-corrected chi connectivity index (χ4v) is 6.96. The zero-order chi connectivity index (χ0) is 30.5. The molecule has 1 atom stereocenters. The van der Waals surface area contributed by atoms with Crippen LogP contribution in [-0.2, 0) is 9.53 Å². The quantitative estimate of drug-likeness (QED) is 0.101. The van der Waals surface area contributed by atoms with Crippen LogP contribution >= 0.6 is 45.7 Å². The van der Waals surface area contributed by atoms with Crippen molar-refractivity contribution in [2.24, 2.45) is 4.99 Å². The molecule has 0 fully saturated rings. The first-order chi connectivity index (χ1) is 20.9. The number of benzene rings is 3. The maximum absolute atomic E-state index is 14.2. The van der Waals surface area contributed by atoms with E-state index < -0.39 is 12.0 Å². The van der Waals surface area contributed by atoms with Crippen molar-refractivity contribution in [3.8, 4) is 23.8 Å². The SMILES string of the molecule is C#CCOc1c(I)cc(/C=c2\sc3n(c2=O)[C@@H](c2ccc(SC)cc2)C(C(=O)OCC)=C(c2ccccc2)N=3)cc1OC. The second-order valence-electron chi connectivity index (χ2n) is 9.23. The number of methoxy groups -OCH3 is 1. The van der Waals surface area contributed by atoms with Gasteiger partial charge in [-0.1, -0.05) is 59.7 Å². The molecular formula is C33H27IN2O5S2. The lowest BCUT2D eigenvalue weighted by Gasteiger charge is -2.26. The lowest BCUT2D eigenvalue weighted by atomic mass is 9.93. The van der Waals surface area contributed by atoms with Crippen molar-refractivity contribution in [2.45, 2.75) is 17.9 Å². The summed E-state index contributed by atoms with van der Waals surface area (Å²) < 4.78 is 19.6. The highest BCUT2D eigenvalue weighted by atomic mass is 127. The molecule has 5 rings (SSSR count). The molecule has 4 aromatic rings. The summed E-state index contributed by atoms with van der Waals surface area (Å²) in [6, 6.07) is 20.3. The third kappa shape index (κ3) is 6.30. The number of aromatic nitrogens is 1. The van der Waals surface area contributed by atoms with Gasteiger partial charge in [-0.25, -0.2) is 9.79 Å². The third-order valence-electron chi connectivity index (χ3n) is 6.65. The van der Waals surface area contributed by atoms with Crippen molar-refractivity contribution >= 4 is 63.4 Å². The van der Waals surface area contributed by atoms with Crippen LogP contribution in [-0.4, -0.2) is 37.1 Å². The summed E-state index contributed by atoms with van der Waals surface area (Å²) in [6.45, 7) is 2.06. The van der Waals surface area contributed by atoms with E-state index in [0.29, 0.717) is 32.1 Å². The molecule has 2 heterocycles. The van der Waals surface area contributed by atoms with E-state index in [1.165, 1.54) is 11.3 Å². The smallest absolute Gasteiger partial charge is 0.338 e. The number of terminal acetylenes is 1. The maximum atomic E-state index is 14.2. The molecule has 0 spiro atoms. The summed E-state index contributed by atoms with van der Waals surface area (Å²) in [4.78, 5) is 34.2. The standard InChI is InChI=1S/C33H27IN2O5S2/c1-5-16-41-30-24(34)17-20(18-25(30)39-3)19-26-31(37)36-29(22-12-14-23(42-4)15-13-22)27(32(38)40-6-2)28(35-33(36)43-26)21-10-8-7-9-11-21/h1,7-15,17-19,29H,6,16H2,2-4H3/b26-19-/t29-/m0/s1. The largest absolute Gasteiger partial charge is 0.493 e. The van der Waals surface area contributed by atoms with Crippen LogP contribution in [0.5, 0.6) is 11.5 Å². The Morgan fingerprint density at radius 3 is 2.58 bits per heavy atom. The molecule has 10 heteroatoms. The molecule has 218 valence electrons. The maximum Gasteiger partial charge on any atom is 0.338 e. The molecule has 1 aliphatic heterocycles. The summed E-state index contributed by atoms with van der Waals surface area (Å²) in [6.07, 6.45) is 9.17. The van der Waals surface area contributed by atoms with Gasteiger partial charge < -0.3 is 14.2 Å². The van der Waals surface area contributed by atoms with Crippen LogP contribution in [0.2, 0.25) is 0 Å². The van der Waals surface area contributed by atoms with Gasteiger partial charge in [0, 0.05) is 10.5 Å². The molecule has 0 radical (unpaired) electrons. The normalized spacial score (nSPS) is 14.5. The molecule has 3 aromatic carbocycles. The van der Waals surface area contributed by atoms with Crippen molar-refractivity contribution in [3.05, 3.63) is 112 Å². The van der Waals surface area contributed by atoms with E-state index in [-0.39, 0.29) is 18.8 Å². The van der Waals surface area contributed by atoms with E-state index in [1.807, 2.05) is 66.9 Å². The van der Waals surface area contributed by atoms with Crippen LogP contribution in [0.3, 0.4) is 0 Å². The predicted molar refractivity (Wildman–Crippen MR) is 179 cm³/mol. The second-order valence-corrected chi connectivity index (χ2v) is 12.3. The van der Waals surface area contributed by atoms with Crippen LogP contribution < -0.4 is 24.4 Å². The van der Waals surface area contributed by atoms with Crippen LogP contribution in [0.1, 0.15) is 29.7 Å². The van der Waals surface area contributed by atoms with Gasteiger partial charge in [-0.05, 0) is 77.2 Å². The molecular weight excluding hydrogens is 695 g/mol. The Morgan fingerprint density at radius 1 is 1.19 bits per heavy atom. The van der Waals surface area contributed by atoms with Gasteiger partial charge in [0.1, 0.15) is 6.61 Å².